The van der Waals surface area contributed by atoms with Gasteiger partial charge in [-0.05, 0) is 37.3 Å². The van der Waals surface area contributed by atoms with Crippen LogP contribution in [0.3, 0.4) is 0 Å². The second kappa shape index (κ2) is 13.8. The topological polar surface area (TPSA) is 123 Å². The highest BCUT2D eigenvalue weighted by molar-refractivity contribution is 6.36. The van der Waals surface area contributed by atoms with Crippen molar-refractivity contribution < 1.29 is 32.0 Å². The predicted octanol–water partition coefficient (Wildman–Crippen LogP) is 5.98. The van der Waals surface area contributed by atoms with E-state index < -0.39 is 23.3 Å². The summed E-state index contributed by atoms with van der Waals surface area (Å²) < 4.78 is 62.8. The Bertz CT molecular complexity index is 2310. The molecule has 4 saturated heterocycles. The van der Waals surface area contributed by atoms with Gasteiger partial charge in [-0.1, -0.05) is 41.0 Å². The van der Waals surface area contributed by atoms with Crippen LogP contribution in [0.5, 0.6) is 6.01 Å². The summed E-state index contributed by atoms with van der Waals surface area (Å²) in [5.41, 5.74) is -0.286. The number of hydrogen-bond donors (Lipinski definition) is 0. The molecule has 0 N–H and O–H groups in total. The first kappa shape index (κ1) is 34.9. The lowest BCUT2D eigenvalue weighted by Gasteiger charge is -2.31. The van der Waals surface area contributed by atoms with Crippen molar-refractivity contribution in [3.8, 4) is 17.3 Å². The predicted molar refractivity (Wildman–Crippen MR) is 194 cm³/mol. The lowest BCUT2D eigenvalue weighted by atomic mass is 9.95. The lowest BCUT2D eigenvalue weighted by Crippen LogP contribution is -2.43. The molecule has 5 aromatic rings. The van der Waals surface area contributed by atoms with Crippen LogP contribution in [-0.4, -0.2) is 112 Å². The number of ether oxygens (including phenoxy) is 2. The van der Waals surface area contributed by atoms with Crippen molar-refractivity contribution in [3.05, 3.63) is 71.0 Å². The molecular weight excluding hydrogens is 725 g/mol. The zero-order valence-electron chi connectivity index (χ0n) is 29.4. The summed E-state index contributed by atoms with van der Waals surface area (Å²) in [5, 5.41) is 5.11. The molecule has 0 spiro atoms. The molecule has 3 aromatic heterocycles. The molecule has 4 aliphatic rings. The minimum atomic E-state index is -0.952. The molecule has 2 aromatic carbocycles. The third kappa shape index (κ3) is 6.11. The number of amides is 1. The van der Waals surface area contributed by atoms with E-state index in [4.69, 9.17) is 30.6 Å². The third-order valence-electron chi connectivity index (χ3n) is 11.3. The molecule has 0 radical (unpaired) electrons. The molecular formula is C38H36ClF3N8O4. The average molecular weight is 761 g/mol. The lowest BCUT2D eigenvalue weighted by molar-refractivity contribution is -0.124. The fourth-order valence-corrected chi connectivity index (χ4v) is 8.52. The molecule has 3 atom stereocenters. The van der Waals surface area contributed by atoms with Gasteiger partial charge in [-0.15, -0.1) is 0 Å². The summed E-state index contributed by atoms with van der Waals surface area (Å²) in [5.74, 6) is -0.356. The normalized spacial score (nSPS) is 23.2. The highest BCUT2D eigenvalue weighted by Gasteiger charge is 2.49. The Balaban J connectivity index is 1.03. The number of alkyl halides is 1. The number of halogens is 4. The zero-order valence-corrected chi connectivity index (χ0v) is 30.1. The maximum atomic E-state index is 16.9. The van der Waals surface area contributed by atoms with Gasteiger partial charge < -0.3 is 23.8 Å². The van der Waals surface area contributed by atoms with Gasteiger partial charge in [0.1, 0.15) is 35.6 Å². The minimum Gasteiger partial charge on any atom is -0.461 e. The summed E-state index contributed by atoms with van der Waals surface area (Å²) in [7, 11) is 1.82. The van der Waals surface area contributed by atoms with E-state index in [1.54, 1.807) is 29.2 Å². The van der Waals surface area contributed by atoms with E-state index in [1.165, 1.54) is 24.4 Å². The van der Waals surface area contributed by atoms with Crippen LogP contribution in [0.4, 0.5) is 19.0 Å². The van der Waals surface area contributed by atoms with Crippen molar-refractivity contribution in [1.82, 2.24) is 34.9 Å². The van der Waals surface area contributed by atoms with Crippen molar-refractivity contribution in [2.75, 3.05) is 57.9 Å². The molecule has 0 unspecified atom stereocenters. The second-order valence-corrected chi connectivity index (χ2v) is 14.9. The number of likely N-dealkylation sites (tertiary alicyclic amines) is 1. The van der Waals surface area contributed by atoms with E-state index in [9.17, 15) is 13.6 Å². The Morgan fingerprint density at radius 1 is 1.15 bits per heavy atom. The van der Waals surface area contributed by atoms with Crippen LogP contribution >= 0.6 is 11.6 Å². The third-order valence-corrected chi connectivity index (χ3v) is 11.6. The van der Waals surface area contributed by atoms with Crippen LogP contribution in [0.2, 0.25) is 5.02 Å². The Morgan fingerprint density at radius 3 is 2.85 bits per heavy atom. The van der Waals surface area contributed by atoms with E-state index in [0.717, 1.165) is 19.4 Å². The number of hydrogen-bond acceptors (Lipinski definition) is 11. The number of fused-ring (bicyclic) bond motifs is 3. The number of carbonyl (C=O) groups is 1. The quantitative estimate of drug-likeness (QED) is 0.165. The Morgan fingerprint density at radius 2 is 2.02 bits per heavy atom. The fraction of sp³-hybridized carbons (Fsp3) is 0.421. The molecule has 0 saturated carbocycles. The van der Waals surface area contributed by atoms with Gasteiger partial charge in [0.25, 0.3) is 5.89 Å². The molecule has 4 fully saturated rings. The second-order valence-electron chi connectivity index (χ2n) is 14.5. The first-order valence-electron chi connectivity index (χ1n) is 18.0. The van der Waals surface area contributed by atoms with Gasteiger partial charge in [0.2, 0.25) is 5.91 Å². The molecule has 4 aliphatic heterocycles. The first-order chi connectivity index (χ1) is 26.2. The molecule has 0 aliphatic carbocycles. The summed E-state index contributed by atoms with van der Waals surface area (Å²) in [6.07, 6.45) is 6.10. The van der Waals surface area contributed by atoms with Crippen molar-refractivity contribution >= 4 is 51.1 Å². The maximum Gasteiger partial charge on any atom is 0.319 e. The van der Waals surface area contributed by atoms with Crippen LogP contribution < -0.4 is 9.64 Å². The zero-order chi connectivity index (χ0) is 37.1. The molecule has 9 rings (SSSR count). The maximum absolute atomic E-state index is 16.9. The van der Waals surface area contributed by atoms with Gasteiger partial charge in [0.05, 0.1) is 35.1 Å². The fourth-order valence-electron chi connectivity index (χ4n) is 8.24. The van der Waals surface area contributed by atoms with E-state index in [1.807, 2.05) is 11.9 Å². The van der Waals surface area contributed by atoms with Crippen LogP contribution in [0, 0.1) is 11.6 Å². The molecule has 12 nitrogen and oxygen atoms in total. The molecule has 16 heteroatoms. The number of likely N-dealkylation sites (N-methyl/N-ethyl adjacent to an activating group) is 1. The molecule has 54 heavy (non-hydrogen) atoms. The standard InChI is InChI=1S/C38H36ClF3N8O4/c1-48(24-10-13-49(17-24)29(51)9-8-28-44-35(47-54-28)22-18-52-19-22)36-26-15-43-33(25-5-2-4-21-6-7-27(41)31(39)30(21)25)32(42)34(26)45-37(46-36)53-20-38-11-3-12-50(38)16-23(40)14-38/h2,4-9,15,22-24H,3,10-14,16-20H2,1H3/b9-8+/t23-,24-,38+/m1/s1. The van der Waals surface area contributed by atoms with E-state index in [-0.39, 0.29) is 52.6 Å². The van der Waals surface area contributed by atoms with Crippen molar-refractivity contribution in [3.63, 3.8) is 0 Å². The molecule has 7 heterocycles. The Labute approximate surface area is 312 Å². The summed E-state index contributed by atoms with van der Waals surface area (Å²) in [6, 6.07) is 7.71. The number of aromatic nitrogens is 5. The van der Waals surface area contributed by atoms with Gasteiger partial charge in [-0.2, -0.15) is 15.0 Å². The largest absolute Gasteiger partial charge is 0.461 e. The van der Waals surface area contributed by atoms with Gasteiger partial charge in [-0.25, -0.2) is 13.2 Å². The number of pyridine rings is 1. The monoisotopic (exact) mass is 760 g/mol. The van der Waals surface area contributed by atoms with E-state index in [0.29, 0.717) is 79.1 Å². The minimum absolute atomic E-state index is 0.0480. The summed E-state index contributed by atoms with van der Waals surface area (Å²) in [6.45, 7) is 3.20. The van der Waals surface area contributed by atoms with Crippen molar-refractivity contribution in [2.45, 2.75) is 49.4 Å². The van der Waals surface area contributed by atoms with Crippen LogP contribution in [0.1, 0.15) is 43.3 Å². The number of anilines is 1. The number of benzene rings is 2. The highest BCUT2D eigenvalue weighted by Crippen LogP contribution is 2.42. The Kier molecular flexibility index (Phi) is 8.89. The molecule has 280 valence electrons. The number of carbonyl (C=O) groups excluding carboxylic acids is 1. The van der Waals surface area contributed by atoms with E-state index in [2.05, 4.69) is 25.0 Å². The van der Waals surface area contributed by atoms with Gasteiger partial charge in [0, 0.05) is 68.4 Å². The molecule has 0 bridgehead atoms. The molecule has 1 amide bonds. The van der Waals surface area contributed by atoms with Crippen LogP contribution in [0.15, 0.2) is 47.1 Å². The summed E-state index contributed by atoms with van der Waals surface area (Å²) in [4.78, 5) is 37.1. The van der Waals surface area contributed by atoms with Gasteiger partial charge in [-0.3, -0.25) is 14.7 Å². The van der Waals surface area contributed by atoms with Crippen molar-refractivity contribution in [1.29, 1.82) is 0 Å². The Hall–Kier alpha value is -4.86. The van der Waals surface area contributed by atoms with Crippen LogP contribution in [-0.2, 0) is 9.53 Å². The number of nitrogens with zero attached hydrogens (tertiary/aromatic N) is 8. The average Bonchev–Trinajstić information content (AvgIpc) is 3.95. The SMILES string of the molecule is CN(c1nc(OC[C@@]23CCCN2C[C@H](F)C3)nc2c(F)c(-c3cccc4ccc(F)c(Cl)c34)ncc12)[C@@H]1CCN(C(=O)/C=C/c2nc(C3COC3)no2)C1. The smallest absolute Gasteiger partial charge is 0.319 e. The summed E-state index contributed by atoms with van der Waals surface area (Å²) >= 11 is 6.42. The highest BCUT2D eigenvalue weighted by atomic mass is 35.5. The van der Waals surface area contributed by atoms with Gasteiger partial charge in [0.15, 0.2) is 11.6 Å². The van der Waals surface area contributed by atoms with Crippen molar-refractivity contribution in [2.24, 2.45) is 0 Å². The van der Waals surface area contributed by atoms with E-state index >= 15 is 4.39 Å². The first-order valence-corrected chi connectivity index (χ1v) is 18.4. The van der Waals surface area contributed by atoms with Gasteiger partial charge >= 0.3 is 6.01 Å². The van der Waals surface area contributed by atoms with Crippen LogP contribution in [0.25, 0.3) is 39.0 Å². The number of rotatable bonds is 9.